The Labute approximate surface area is 96.4 Å². The van der Waals surface area contributed by atoms with Crippen molar-refractivity contribution in [2.24, 2.45) is 11.3 Å². The molecule has 3 N–H and O–H groups in total. The Bertz CT molecular complexity index is 349. The van der Waals surface area contributed by atoms with Crippen molar-refractivity contribution < 1.29 is 4.79 Å². The molecule has 0 saturated heterocycles. The fraction of sp³-hybridized carbons (Fsp3) is 0.417. The highest BCUT2D eigenvalue weighted by Crippen LogP contribution is 2.20. The van der Waals surface area contributed by atoms with Gasteiger partial charge in [0.1, 0.15) is 0 Å². The number of amides is 1. The van der Waals surface area contributed by atoms with Gasteiger partial charge in [0.2, 0.25) is 5.91 Å². The normalized spacial score (nSPS) is 11.0. The van der Waals surface area contributed by atoms with Crippen molar-refractivity contribution in [2.45, 2.75) is 13.8 Å². The van der Waals surface area contributed by atoms with Gasteiger partial charge in [0.25, 0.3) is 0 Å². The van der Waals surface area contributed by atoms with Crippen LogP contribution in [0.2, 0.25) is 0 Å². The van der Waals surface area contributed by atoms with E-state index in [-0.39, 0.29) is 5.91 Å². The van der Waals surface area contributed by atoms with Crippen LogP contribution < -0.4 is 16.2 Å². The zero-order chi connectivity index (χ0) is 12.2. The molecule has 0 aliphatic carbocycles. The first-order chi connectivity index (χ1) is 7.47. The number of carbonyl (C=O) groups is 1. The van der Waals surface area contributed by atoms with Gasteiger partial charge in [0.15, 0.2) is 0 Å². The maximum Gasteiger partial charge on any atom is 0.241 e. The Morgan fingerprint density at radius 3 is 2.44 bits per heavy atom. The van der Waals surface area contributed by atoms with Crippen LogP contribution in [-0.2, 0) is 4.79 Å². The van der Waals surface area contributed by atoms with Crippen LogP contribution in [-0.4, -0.2) is 19.5 Å². The number of nitrogens with zero attached hydrogens (tertiary/aromatic N) is 1. The van der Waals surface area contributed by atoms with E-state index in [1.54, 1.807) is 0 Å². The lowest BCUT2D eigenvalue weighted by Gasteiger charge is -2.29. The molecule has 1 aromatic carbocycles. The summed E-state index contributed by atoms with van der Waals surface area (Å²) in [7, 11) is 1.96. The summed E-state index contributed by atoms with van der Waals surface area (Å²) in [5.41, 5.74) is 2.77. The first kappa shape index (κ1) is 12.5. The first-order valence-electron chi connectivity index (χ1n) is 5.24. The van der Waals surface area contributed by atoms with Crippen LogP contribution in [0.5, 0.6) is 0 Å². The van der Waals surface area contributed by atoms with Crippen molar-refractivity contribution in [3.05, 3.63) is 30.3 Å². The van der Waals surface area contributed by atoms with E-state index >= 15 is 0 Å². The van der Waals surface area contributed by atoms with Crippen LogP contribution in [0.1, 0.15) is 13.8 Å². The summed E-state index contributed by atoms with van der Waals surface area (Å²) in [6.45, 7) is 4.35. The molecule has 0 spiro atoms. The Balaban J connectivity index is 2.71. The number of benzene rings is 1. The summed E-state index contributed by atoms with van der Waals surface area (Å²) < 4.78 is 0. The smallest absolute Gasteiger partial charge is 0.241 e. The van der Waals surface area contributed by atoms with Crippen LogP contribution in [0.15, 0.2) is 30.3 Å². The molecule has 88 valence electrons. The Hall–Kier alpha value is -1.55. The third kappa shape index (κ3) is 2.97. The van der Waals surface area contributed by atoms with Gasteiger partial charge in [0.05, 0.1) is 5.41 Å². The number of hydrazine groups is 1. The minimum absolute atomic E-state index is 0.157. The SMILES string of the molecule is CN(CC(C)(C)C(=O)NN)c1ccccc1. The third-order valence-electron chi connectivity index (χ3n) is 2.58. The van der Waals surface area contributed by atoms with Crippen molar-refractivity contribution in [1.82, 2.24) is 5.43 Å². The van der Waals surface area contributed by atoms with Gasteiger partial charge in [-0.05, 0) is 26.0 Å². The van der Waals surface area contributed by atoms with Gasteiger partial charge in [-0.1, -0.05) is 18.2 Å². The molecule has 0 aliphatic heterocycles. The predicted octanol–water partition coefficient (Wildman–Crippen LogP) is 1.14. The molecule has 0 fully saturated rings. The summed E-state index contributed by atoms with van der Waals surface area (Å²) in [6, 6.07) is 9.94. The standard InChI is InChI=1S/C12H19N3O/c1-12(2,11(16)14-13)9-15(3)10-7-5-4-6-8-10/h4-8H,9,13H2,1-3H3,(H,14,16). The van der Waals surface area contributed by atoms with E-state index < -0.39 is 5.41 Å². The average molecular weight is 221 g/mol. The van der Waals surface area contributed by atoms with E-state index in [0.29, 0.717) is 6.54 Å². The van der Waals surface area contributed by atoms with Gasteiger partial charge in [-0.2, -0.15) is 0 Å². The molecular weight excluding hydrogens is 202 g/mol. The highest BCUT2D eigenvalue weighted by atomic mass is 16.2. The van der Waals surface area contributed by atoms with E-state index in [4.69, 9.17) is 5.84 Å². The van der Waals surface area contributed by atoms with E-state index in [2.05, 4.69) is 5.43 Å². The third-order valence-corrected chi connectivity index (χ3v) is 2.58. The molecule has 1 rings (SSSR count). The molecule has 0 bridgehead atoms. The number of para-hydroxylation sites is 1. The highest BCUT2D eigenvalue weighted by Gasteiger charge is 2.28. The zero-order valence-corrected chi connectivity index (χ0v) is 10.0. The summed E-state index contributed by atoms with van der Waals surface area (Å²) in [4.78, 5) is 13.6. The second-order valence-corrected chi connectivity index (χ2v) is 4.55. The number of nitrogens with two attached hydrogens (primary N) is 1. The van der Waals surface area contributed by atoms with Crippen LogP contribution in [0, 0.1) is 5.41 Å². The van der Waals surface area contributed by atoms with Crippen LogP contribution in [0.25, 0.3) is 0 Å². The Morgan fingerprint density at radius 1 is 1.38 bits per heavy atom. The predicted molar refractivity (Wildman–Crippen MR) is 65.8 cm³/mol. The molecule has 0 atom stereocenters. The summed E-state index contributed by atoms with van der Waals surface area (Å²) in [5.74, 6) is 5.00. The average Bonchev–Trinajstić information content (AvgIpc) is 2.28. The minimum Gasteiger partial charge on any atom is -0.374 e. The maximum absolute atomic E-state index is 11.5. The summed E-state index contributed by atoms with van der Waals surface area (Å²) in [5, 5.41) is 0. The summed E-state index contributed by atoms with van der Waals surface area (Å²) >= 11 is 0. The molecule has 0 saturated carbocycles. The molecule has 0 aromatic heterocycles. The quantitative estimate of drug-likeness (QED) is 0.455. The monoisotopic (exact) mass is 221 g/mol. The largest absolute Gasteiger partial charge is 0.374 e. The van der Waals surface area contributed by atoms with Gasteiger partial charge in [-0.3, -0.25) is 10.2 Å². The van der Waals surface area contributed by atoms with Gasteiger partial charge in [-0.15, -0.1) is 0 Å². The van der Waals surface area contributed by atoms with E-state index in [9.17, 15) is 4.79 Å². The number of rotatable bonds is 4. The van der Waals surface area contributed by atoms with Gasteiger partial charge < -0.3 is 4.90 Å². The molecule has 0 heterocycles. The van der Waals surface area contributed by atoms with E-state index in [1.807, 2.05) is 56.1 Å². The van der Waals surface area contributed by atoms with E-state index in [1.165, 1.54) is 0 Å². The minimum atomic E-state index is -0.515. The molecule has 16 heavy (non-hydrogen) atoms. The zero-order valence-electron chi connectivity index (χ0n) is 10.0. The summed E-state index contributed by atoms with van der Waals surface area (Å²) in [6.07, 6.45) is 0. The molecule has 1 aromatic rings. The molecule has 4 heteroatoms. The van der Waals surface area contributed by atoms with Gasteiger partial charge in [0, 0.05) is 19.3 Å². The maximum atomic E-state index is 11.5. The molecular formula is C12H19N3O. The molecule has 0 unspecified atom stereocenters. The lowest BCUT2D eigenvalue weighted by molar-refractivity contribution is -0.128. The van der Waals surface area contributed by atoms with Crippen molar-refractivity contribution in [3.63, 3.8) is 0 Å². The Kier molecular flexibility index (Phi) is 3.90. The molecule has 1 amide bonds. The number of anilines is 1. The number of hydrogen-bond donors (Lipinski definition) is 2. The van der Waals surface area contributed by atoms with Crippen molar-refractivity contribution in [2.75, 3.05) is 18.5 Å². The van der Waals surface area contributed by atoms with Crippen molar-refractivity contribution in [3.8, 4) is 0 Å². The second kappa shape index (κ2) is 4.99. The molecule has 4 nitrogen and oxygen atoms in total. The van der Waals surface area contributed by atoms with Gasteiger partial charge >= 0.3 is 0 Å². The number of carbonyl (C=O) groups excluding carboxylic acids is 1. The molecule has 0 radical (unpaired) electrons. The highest BCUT2D eigenvalue weighted by molar-refractivity contribution is 5.81. The van der Waals surface area contributed by atoms with E-state index in [0.717, 1.165) is 5.69 Å². The number of nitrogens with one attached hydrogen (secondary N) is 1. The fourth-order valence-corrected chi connectivity index (χ4v) is 1.63. The Morgan fingerprint density at radius 2 is 1.94 bits per heavy atom. The van der Waals surface area contributed by atoms with Crippen LogP contribution in [0.4, 0.5) is 5.69 Å². The topological polar surface area (TPSA) is 58.4 Å². The molecule has 0 aliphatic rings. The fourth-order valence-electron chi connectivity index (χ4n) is 1.63. The van der Waals surface area contributed by atoms with Gasteiger partial charge in [-0.25, -0.2) is 5.84 Å². The van der Waals surface area contributed by atoms with Crippen molar-refractivity contribution in [1.29, 1.82) is 0 Å². The van der Waals surface area contributed by atoms with Crippen LogP contribution >= 0.6 is 0 Å². The van der Waals surface area contributed by atoms with Crippen LogP contribution in [0.3, 0.4) is 0 Å². The lowest BCUT2D eigenvalue weighted by atomic mass is 9.92. The lowest BCUT2D eigenvalue weighted by Crippen LogP contribution is -2.46. The second-order valence-electron chi connectivity index (χ2n) is 4.55. The van der Waals surface area contributed by atoms with Crippen molar-refractivity contribution >= 4 is 11.6 Å². The number of hydrogen-bond acceptors (Lipinski definition) is 3. The first-order valence-corrected chi connectivity index (χ1v) is 5.24.